The van der Waals surface area contributed by atoms with Crippen molar-refractivity contribution in [2.24, 2.45) is 0 Å². The van der Waals surface area contributed by atoms with Crippen LogP contribution in [0.4, 0.5) is 8.78 Å². The van der Waals surface area contributed by atoms with E-state index in [1.54, 1.807) is 26.2 Å². The molecule has 0 radical (unpaired) electrons. The van der Waals surface area contributed by atoms with Crippen molar-refractivity contribution in [2.45, 2.75) is 20.0 Å². The molecule has 0 N–H and O–H groups in total. The van der Waals surface area contributed by atoms with Crippen molar-refractivity contribution in [3.05, 3.63) is 58.7 Å². The molecule has 0 atom stereocenters. The molecule has 0 spiro atoms. The van der Waals surface area contributed by atoms with E-state index in [1.807, 2.05) is 17.0 Å². The number of amides is 1. The molecule has 6 nitrogen and oxygen atoms in total. The van der Waals surface area contributed by atoms with Gasteiger partial charge in [-0.2, -0.15) is 0 Å². The van der Waals surface area contributed by atoms with Crippen molar-refractivity contribution < 1.29 is 23.0 Å². The Bertz CT molecular complexity index is 946. The molecule has 3 rings (SSSR count). The lowest BCUT2D eigenvalue weighted by atomic mass is 10.1. The number of carbonyl (C=O) groups is 1. The number of ether oxygens (including phenoxy) is 2. The van der Waals surface area contributed by atoms with Crippen molar-refractivity contribution in [1.29, 1.82) is 0 Å². The highest BCUT2D eigenvalue weighted by atomic mass is 19.1. The first-order chi connectivity index (χ1) is 15.3. The highest BCUT2D eigenvalue weighted by Gasteiger charge is 2.23. The quantitative estimate of drug-likeness (QED) is 0.623. The van der Waals surface area contributed by atoms with Gasteiger partial charge < -0.3 is 14.4 Å². The number of piperazine rings is 1. The van der Waals surface area contributed by atoms with Gasteiger partial charge >= 0.3 is 0 Å². The van der Waals surface area contributed by atoms with E-state index in [2.05, 4.69) is 11.8 Å². The summed E-state index contributed by atoms with van der Waals surface area (Å²) in [5.41, 5.74) is 2.68. The Morgan fingerprint density at radius 2 is 1.66 bits per heavy atom. The molecule has 1 aliphatic rings. The molecular formula is C24H31F2N3O3. The number of carbonyl (C=O) groups excluding carboxylic acids is 1. The molecule has 8 heteroatoms. The van der Waals surface area contributed by atoms with Gasteiger partial charge in [0.25, 0.3) is 0 Å². The lowest BCUT2D eigenvalue weighted by Crippen LogP contribution is -2.50. The van der Waals surface area contributed by atoms with Crippen molar-refractivity contribution in [3.63, 3.8) is 0 Å². The van der Waals surface area contributed by atoms with Gasteiger partial charge in [-0.05, 0) is 43.3 Å². The summed E-state index contributed by atoms with van der Waals surface area (Å²) in [6.45, 7) is 6.09. The topological polar surface area (TPSA) is 45.2 Å². The third kappa shape index (κ3) is 5.95. The van der Waals surface area contributed by atoms with Gasteiger partial charge in [0.05, 0.1) is 20.8 Å². The van der Waals surface area contributed by atoms with E-state index in [9.17, 15) is 13.6 Å². The predicted molar refractivity (Wildman–Crippen MR) is 119 cm³/mol. The average Bonchev–Trinajstić information content (AvgIpc) is 2.77. The van der Waals surface area contributed by atoms with Crippen LogP contribution in [0, 0.1) is 18.6 Å². The number of aryl methyl sites for hydroxylation is 1. The number of halogens is 2. The zero-order valence-electron chi connectivity index (χ0n) is 19.2. The molecule has 1 fully saturated rings. The number of benzene rings is 2. The standard InChI is InChI=1S/C24H31F2N3O3/c1-17-11-22(31-3)23(32-4)12-19(17)15-28-7-9-29(10-8-28)24(30)16-27(2)14-18-5-6-20(25)13-21(18)26/h5-6,11-13H,7-10,14-16H2,1-4H3. The van der Waals surface area contributed by atoms with Crippen LogP contribution in [0.1, 0.15) is 16.7 Å². The van der Waals surface area contributed by atoms with Crippen LogP contribution in [0.2, 0.25) is 0 Å². The van der Waals surface area contributed by atoms with Crippen molar-refractivity contribution in [3.8, 4) is 11.5 Å². The Morgan fingerprint density at radius 1 is 1.00 bits per heavy atom. The fourth-order valence-corrected chi connectivity index (χ4v) is 3.92. The van der Waals surface area contributed by atoms with Crippen LogP contribution in [0.3, 0.4) is 0 Å². The van der Waals surface area contributed by atoms with E-state index in [1.165, 1.54) is 17.7 Å². The van der Waals surface area contributed by atoms with Crippen LogP contribution >= 0.6 is 0 Å². The molecule has 0 unspecified atom stereocenters. The summed E-state index contributed by atoms with van der Waals surface area (Å²) in [6.07, 6.45) is 0. The van der Waals surface area contributed by atoms with E-state index < -0.39 is 11.6 Å². The van der Waals surface area contributed by atoms with E-state index in [4.69, 9.17) is 9.47 Å². The first-order valence-corrected chi connectivity index (χ1v) is 10.6. The van der Waals surface area contributed by atoms with Crippen molar-refractivity contribution in [1.82, 2.24) is 14.7 Å². The molecule has 1 amide bonds. The van der Waals surface area contributed by atoms with Gasteiger partial charge in [-0.3, -0.25) is 14.6 Å². The molecule has 2 aromatic carbocycles. The number of rotatable bonds is 8. The van der Waals surface area contributed by atoms with Gasteiger partial charge in [0.15, 0.2) is 11.5 Å². The molecule has 1 saturated heterocycles. The van der Waals surface area contributed by atoms with Crippen LogP contribution in [0.15, 0.2) is 30.3 Å². The second kappa shape index (κ2) is 10.7. The molecule has 1 heterocycles. The van der Waals surface area contributed by atoms with E-state index in [0.29, 0.717) is 30.2 Å². The van der Waals surface area contributed by atoms with Gasteiger partial charge in [-0.1, -0.05) is 6.07 Å². The van der Waals surface area contributed by atoms with E-state index >= 15 is 0 Å². The van der Waals surface area contributed by atoms with Crippen LogP contribution in [0.5, 0.6) is 11.5 Å². The second-order valence-electron chi connectivity index (χ2n) is 8.20. The maximum atomic E-state index is 13.9. The summed E-state index contributed by atoms with van der Waals surface area (Å²) < 4.78 is 37.7. The Morgan fingerprint density at radius 3 is 2.28 bits per heavy atom. The van der Waals surface area contributed by atoms with E-state index in [0.717, 1.165) is 31.3 Å². The Labute approximate surface area is 188 Å². The first kappa shape index (κ1) is 23.9. The molecular weight excluding hydrogens is 416 g/mol. The molecule has 1 aliphatic heterocycles. The largest absolute Gasteiger partial charge is 0.493 e. The molecule has 0 aliphatic carbocycles. The Hall–Kier alpha value is -2.71. The minimum Gasteiger partial charge on any atom is -0.493 e. The molecule has 0 bridgehead atoms. The molecule has 0 saturated carbocycles. The SMILES string of the molecule is COc1cc(C)c(CN2CCN(C(=O)CN(C)Cc3ccc(F)cc3F)CC2)cc1OC. The maximum Gasteiger partial charge on any atom is 0.236 e. The van der Waals surface area contributed by atoms with Gasteiger partial charge in [0.2, 0.25) is 5.91 Å². The number of hydrogen-bond acceptors (Lipinski definition) is 5. The lowest BCUT2D eigenvalue weighted by molar-refractivity contribution is -0.134. The Balaban J connectivity index is 1.50. The zero-order chi connectivity index (χ0) is 23.3. The highest BCUT2D eigenvalue weighted by molar-refractivity contribution is 5.78. The molecule has 32 heavy (non-hydrogen) atoms. The highest BCUT2D eigenvalue weighted by Crippen LogP contribution is 2.31. The maximum absolute atomic E-state index is 13.9. The summed E-state index contributed by atoms with van der Waals surface area (Å²) in [5.74, 6) is 0.239. The van der Waals surface area contributed by atoms with Gasteiger partial charge in [0.1, 0.15) is 11.6 Å². The number of likely N-dealkylation sites (N-methyl/N-ethyl adjacent to an activating group) is 1. The summed E-state index contributed by atoms with van der Waals surface area (Å²) >= 11 is 0. The third-order valence-corrected chi connectivity index (χ3v) is 5.82. The summed E-state index contributed by atoms with van der Waals surface area (Å²) in [6, 6.07) is 7.50. The summed E-state index contributed by atoms with van der Waals surface area (Å²) in [4.78, 5) is 18.6. The number of methoxy groups -OCH3 is 2. The third-order valence-electron chi connectivity index (χ3n) is 5.82. The van der Waals surface area contributed by atoms with Crippen LogP contribution in [0.25, 0.3) is 0 Å². The second-order valence-corrected chi connectivity index (χ2v) is 8.20. The summed E-state index contributed by atoms with van der Waals surface area (Å²) in [5, 5.41) is 0. The first-order valence-electron chi connectivity index (χ1n) is 10.6. The summed E-state index contributed by atoms with van der Waals surface area (Å²) in [7, 11) is 5.01. The van der Waals surface area contributed by atoms with Gasteiger partial charge in [-0.15, -0.1) is 0 Å². The average molecular weight is 448 g/mol. The lowest BCUT2D eigenvalue weighted by Gasteiger charge is -2.35. The van der Waals surface area contributed by atoms with Gasteiger partial charge in [0, 0.05) is 50.9 Å². The van der Waals surface area contributed by atoms with Crippen LogP contribution < -0.4 is 9.47 Å². The van der Waals surface area contributed by atoms with E-state index in [-0.39, 0.29) is 19.0 Å². The Kier molecular flexibility index (Phi) is 8.04. The fourth-order valence-electron chi connectivity index (χ4n) is 3.92. The van der Waals surface area contributed by atoms with Crippen molar-refractivity contribution in [2.75, 3.05) is 54.0 Å². The van der Waals surface area contributed by atoms with Gasteiger partial charge in [-0.25, -0.2) is 8.78 Å². The smallest absolute Gasteiger partial charge is 0.236 e. The minimum absolute atomic E-state index is 0.0111. The normalized spacial score (nSPS) is 14.7. The predicted octanol–water partition coefficient (Wildman–Crippen LogP) is 3.07. The fraction of sp³-hybridized carbons (Fsp3) is 0.458. The molecule has 2 aromatic rings. The van der Waals surface area contributed by atoms with Crippen LogP contribution in [-0.2, 0) is 17.9 Å². The molecule has 174 valence electrons. The number of nitrogens with zero attached hydrogens (tertiary/aromatic N) is 3. The monoisotopic (exact) mass is 447 g/mol. The number of hydrogen-bond donors (Lipinski definition) is 0. The van der Waals surface area contributed by atoms with Crippen molar-refractivity contribution >= 4 is 5.91 Å². The zero-order valence-corrected chi connectivity index (χ0v) is 19.2. The minimum atomic E-state index is -0.605. The van der Waals surface area contributed by atoms with Crippen LogP contribution in [-0.4, -0.2) is 74.6 Å². The molecule has 0 aromatic heterocycles.